The highest BCUT2D eigenvalue weighted by molar-refractivity contribution is 7.99. The summed E-state index contributed by atoms with van der Waals surface area (Å²) >= 11 is 1.30. The van der Waals surface area contributed by atoms with Crippen LogP contribution in [0, 0.1) is 13.8 Å². The smallest absolute Gasteiger partial charge is 0.253 e. The molecule has 8 nitrogen and oxygen atoms in total. The second-order valence-electron chi connectivity index (χ2n) is 6.68. The first-order valence-corrected chi connectivity index (χ1v) is 11.0. The number of aromatic nitrogens is 4. The molecule has 30 heavy (non-hydrogen) atoms. The maximum Gasteiger partial charge on any atom is 0.253 e. The summed E-state index contributed by atoms with van der Waals surface area (Å²) in [4.78, 5) is 20.9. The van der Waals surface area contributed by atoms with E-state index in [1.54, 1.807) is 4.52 Å². The number of carbonyl (C=O) groups excluding carboxylic acids is 1. The Labute approximate surface area is 180 Å². The van der Waals surface area contributed by atoms with Gasteiger partial charge in [-0.2, -0.15) is 4.98 Å². The first kappa shape index (κ1) is 21.9. The largest absolute Gasteiger partial charge is 0.490 e. The standard InChI is InChI=1S/C21H27N5O3S/c1-5-28-17-8-7-16(12-18(17)29-6-2)9-10-22-19(27)13-30-21-24-20-23-14(3)11-15(4)26(20)25-21/h7-8,11-12H,5-6,9-10,13H2,1-4H3,(H,22,27). The third kappa shape index (κ3) is 5.63. The molecule has 0 unspecified atom stereocenters. The Kier molecular flexibility index (Phi) is 7.51. The lowest BCUT2D eigenvalue weighted by molar-refractivity contribution is -0.118. The number of aryl methyl sites for hydroxylation is 2. The van der Waals surface area contributed by atoms with Crippen molar-refractivity contribution in [3.05, 3.63) is 41.2 Å². The number of benzene rings is 1. The van der Waals surface area contributed by atoms with Crippen molar-refractivity contribution >= 4 is 23.4 Å². The predicted molar refractivity (Wildman–Crippen MR) is 116 cm³/mol. The lowest BCUT2D eigenvalue weighted by atomic mass is 10.1. The summed E-state index contributed by atoms with van der Waals surface area (Å²) in [6.07, 6.45) is 0.706. The maximum atomic E-state index is 12.2. The fourth-order valence-corrected chi connectivity index (χ4v) is 3.64. The van der Waals surface area contributed by atoms with Gasteiger partial charge >= 0.3 is 0 Å². The van der Waals surface area contributed by atoms with Gasteiger partial charge in [0.1, 0.15) is 0 Å². The van der Waals surface area contributed by atoms with Crippen molar-refractivity contribution in [3.63, 3.8) is 0 Å². The molecule has 0 radical (unpaired) electrons. The van der Waals surface area contributed by atoms with E-state index in [9.17, 15) is 4.79 Å². The number of amides is 1. The molecule has 1 aromatic carbocycles. The van der Waals surface area contributed by atoms with Crippen molar-refractivity contribution in [2.24, 2.45) is 0 Å². The Morgan fingerprint density at radius 2 is 1.87 bits per heavy atom. The average molecular weight is 430 g/mol. The fourth-order valence-electron chi connectivity index (χ4n) is 2.99. The molecule has 0 aliphatic heterocycles. The van der Waals surface area contributed by atoms with Crippen LogP contribution in [-0.2, 0) is 11.2 Å². The Bertz CT molecular complexity index is 1020. The molecule has 3 rings (SSSR count). The summed E-state index contributed by atoms with van der Waals surface area (Å²) in [5.41, 5.74) is 2.93. The molecule has 0 fully saturated rings. The van der Waals surface area contributed by atoms with Crippen molar-refractivity contribution < 1.29 is 14.3 Å². The summed E-state index contributed by atoms with van der Waals surface area (Å²) in [6, 6.07) is 7.81. The van der Waals surface area contributed by atoms with Crippen LogP contribution in [0.5, 0.6) is 11.5 Å². The van der Waals surface area contributed by atoms with Crippen molar-refractivity contribution in [2.45, 2.75) is 39.3 Å². The van der Waals surface area contributed by atoms with Gasteiger partial charge in [0, 0.05) is 17.9 Å². The molecule has 0 saturated carbocycles. The molecule has 160 valence electrons. The highest BCUT2D eigenvalue weighted by atomic mass is 32.2. The molecule has 3 aromatic rings. The van der Waals surface area contributed by atoms with E-state index in [0.717, 1.165) is 28.5 Å². The minimum atomic E-state index is -0.0596. The zero-order chi connectivity index (χ0) is 21.5. The minimum Gasteiger partial charge on any atom is -0.490 e. The van der Waals surface area contributed by atoms with E-state index < -0.39 is 0 Å². The average Bonchev–Trinajstić information content (AvgIpc) is 3.12. The van der Waals surface area contributed by atoms with Gasteiger partial charge in [-0.25, -0.2) is 9.50 Å². The molecule has 0 saturated heterocycles. The number of ether oxygens (including phenoxy) is 2. The first-order valence-electron chi connectivity index (χ1n) is 9.99. The molecule has 2 aromatic heterocycles. The second kappa shape index (κ2) is 10.3. The minimum absolute atomic E-state index is 0.0596. The monoisotopic (exact) mass is 429 g/mol. The SMILES string of the molecule is CCOc1ccc(CCNC(=O)CSc2nc3nc(C)cc(C)n3n2)cc1OCC. The molecule has 0 atom stereocenters. The second-order valence-corrected chi connectivity index (χ2v) is 7.62. The van der Waals surface area contributed by atoms with Gasteiger partial charge < -0.3 is 14.8 Å². The Morgan fingerprint density at radius 3 is 2.63 bits per heavy atom. The van der Waals surface area contributed by atoms with Gasteiger partial charge in [0.25, 0.3) is 5.78 Å². The summed E-state index contributed by atoms with van der Waals surface area (Å²) in [6.45, 7) is 9.46. The van der Waals surface area contributed by atoms with Crippen LogP contribution >= 0.6 is 11.8 Å². The van der Waals surface area contributed by atoms with Crippen LogP contribution in [0.25, 0.3) is 5.78 Å². The molecule has 0 aliphatic carbocycles. The number of fused-ring (bicyclic) bond motifs is 1. The van der Waals surface area contributed by atoms with Crippen LogP contribution in [0.1, 0.15) is 30.8 Å². The molecular formula is C21H27N5O3S. The molecule has 0 aliphatic rings. The quantitative estimate of drug-likeness (QED) is 0.496. The number of carbonyl (C=O) groups is 1. The summed E-state index contributed by atoms with van der Waals surface area (Å²) < 4.78 is 12.9. The lowest BCUT2D eigenvalue weighted by Crippen LogP contribution is -2.27. The number of nitrogens with zero attached hydrogens (tertiary/aromatic N) is 4. The number of rotatable bonds is 10. The van der Waals surface area contributed by atoms with Crippen LogP contribution in [-0.4, -0.2) is 51.0 Å². The number of hydrogen-bond acceptors (Lipinski definition) is 7. The van der Waals surface area contributed by atoms with Gasteiger partial charge in [0.15, 0.2) is 11.5 Å². The van der Waals surface area contributed by atoms with E-state index in [1.165, 1.54) is 11.8 Å². The normalized spacial score (nSPS) is 10.9. The molecule has 2 heterocycles. The van der Waals surface area contributed by atoms with Crippen LogP contribution in [0.3, 0.4) is 0 Å². The fraction of sp³-hybridized carbons (Fsp3) is 0.429. The van der Waals surface area contributed by atoms with Gasteiger partial charge in [-0.1, -0.05) is 17.8 Å². The van der Waals surface area contributed by atoms with Crippen molar-refractivity contribution in [1.82, 2.24) is 24.9 Å². The van der Waals surface area contributed by atoms with E-state index in [0.29, 0.717) is 37.1 Å². The zero-order valence-corrected chi connectivity index (χ0v) is 18.6. The maximum absolute atomic E-state index is 12.2. The van der Waals surface area contributed by atoms with Crippen molar-refractivity contribution in [3.8, 4) is 11.5 Å². The third-order valence-corrected chi connectivity index (χ3v) is 5.11. The van der Waals surface area contributed by atoms with Crippen LogP contribution in [0.4, 0.5) is 0 Å². The van der Waals surface area contributed by atoms with Crippen molar-refractivity contribution in [1.29, 1.82) is 0 Å². The van der Waals surface area contributed by atoms with Gasteiger partial charge in [-0.05, 0) is 57.9 Å². The lowest BCUT2D eigenvalue weighted by Gasteiger charge is -2.12. The van der Waals surface area contributed by atoms with Gasteiger partial charge in [-0.15, -0.1) is 5.10 Å². The van der Waals surface area contributed by atoms with Crippen LogP contribution in [0.2, 0.25) is 0 Å². The number of thioether (sulfide) groups is 1. The zero-order valence-electron chi connectivity index (χ0n) is 17.8. The first-order chi connectivity index (χ1) is 14.5. The van der Waals surface area contributed by atoms with E-state index >= 15 is 0 Å². The van der Waals surface area contributed by atoms with Gasteiger partial charge in [0.2, 0.25) is 11.1 Å². The Morgan fingerprint density at radius 1 is 1.10 bits per heavy atom. The predicted octanol–water partition coefficient (Wildman–Crippen LogP) is 2.99. The Hall–Kier alpha value is -2.81. The molecule has 0 bridgehead atoms. The van der Waals surface area contributed by atoms with Gasteiger partial charge in [-0.3, -0.25) is 4.79 Å². The molecular weight excluding hydrogens is 402 g/mol. The van der Waals surface area contributed by atoms with Gasteiger partial charge in [0.05, 0.1) is 19.0 Å². The molecule has 1 N–H and O–H groups in total. The topological polar surface area (TPSA) is 90.6 Å². The van der Waals surface area contributed by atoms with E-state index in [2.05, 4.69) is 20.4 Å². The highest BCUT2D eigenvalue weighted by Gasteiger charge is 2.11. The third-order valence-electron chi connectivity index (χ3n) is 4.27. The summed E-state index contributed by atoms with van der Waals surface area (Å²) in [7, 11) is 0. The van der Waals surface area contributed by atoms with Crippen LogP contribution in [0.15, 0.2) is 29.4 Å². The summed E-state index contributed by atoms with van der Waals surface area (Å²) in [5, 5.41) is 7.88. The number of nitrogens with one attached hydrogen (secondary N) is 1. The van der Waals surface area contributed by atoms with Crippen LogP contribution < -0.4 is 14.8 Å². The Balaban J connectivity index is 1.49. The van der Waals surface area contributed by atoms with E-state index in [1.807, 2.05) is 52.0 Å². The molecule has 0 spiro atoms. The number of hydrogen-bond donors (Lipinski definition) is 1. The summed E-state index contributed by atoms with van der Waals surface area (Å²) in [5.74, 6) is 2.22. The highest BCUT2D eigenvalue weighted by Crippen LogP contribution is 2.28. The van der Waals surface area contributed by atoms with E-state index in [4.69, 9.17) is 9.47 Å². The van der Waals surface area contributed by atoms with E-state index in [-0.39, 0.29) is 11.7 Å². The van der Waals surface area contributed by atoms with Crippen molar-refractivity contribution in [2.75, 3.05) is 25.5 Å². The molecule has 9 heteroatoms. The molecule has 1 amide bonds.